The first-order valence-corrected chi connectivity index (χ1v) is 9.40. The Labute approximate surface area is 177 Å². The van der Waals surface area contributed by atoms with Crippen molar-refractivity contribution in [1.82, 2.24) is 24.5 Å². The smallest absolute Gasteiger partial charge is 0.284 e. The van der Waals surface area contributed by atoms with Crippen LogP contribution in [0.3, 0.4) is 0 Å². The third-order valence-corrected chi connectivity index (χ3v) is 4.69. The molecular formula is C21H20N6O4. The van der Waals surface area contributed by atoms with Gasteiger partial charge in [-0.15, -0.1) is 5.10 Å². The number of anilines is 1. The summed E-state index contributed by atoms with van der Waals surface area (Å²) in [6.07, 6.45) is 1.31. The van der Waals surface area contributed by atoms with Crippen molar-refractivity contribution >= 4 is 22.8 Å². The minimum atomic E-state index is -0.453. The molecule has 1 N–H and O–H groups in total. The highest BCUT2D eigenvalue weighted by atomic mass is 16.5. The Bertz CT molecular complexity index is 1310. The van der Waals surface area contributed by atoms with Gasteiger partial charge < -0.3 is 14.8 Å². The zero-order chi connectivity index (χ0) is 22.0. The largest absolute Gasteiger partial charge is 0.493 e. The van der Waals surface area contributed by atoms with Crippen molar-refractivity contribution in [3.05, 3.63) is 64.7 Å². The van der Waals surface area contributed by atoms with Crippen molar-refractivity contribution in [2.24, 2.45) is 0 Å². The Morgan fingerprint density at radius 2 is 1.81 bits per heavy atom. The second-order valence-corrected chi connectivity index (χ2v) is 6.80. The van der Waals surface area contributed by atoms with E-state index in [1.54, 1.807) is 18.2 Å². The summed E-state index contributed by atoms with van der Waals surface area (Å²) in [5, 5.41) is 10.7. The molecule has 4 rings (SSSR count). The third kappa shape index (κ3) is 3.95. The first-order chi connectivity index (χ1) is 15.0. The average molecular weight is 420 g/mol. The highest BCUT2D eigenvalue weighted by molar-refractivity contribution is 5.91. The fraction of sp³-hybridized carbons (Fsp3) is 0.190. The van der Waals surface area contributed by atoms with Crippen LogP contribution in [-0.2, 0) is 11.3 Å². The highest BCUT2D eigenvalue weighted by Crippen LogP contribution is 2.29. The van der Waals surface area contributed by atoms with Crippen molar-refractivity contribution in [2.75, 3.05) is 19.5 Å². The van der Waals surface area contributed by atoms with Crippen LogP contribution >= 0.6 is 0 Å². The maximum absolute atomic E-state index is 12.8. The number of benzene rings is 2. The van der Waals surface area contributed by atoms with E-state index >= 15 is 0 Å². The Hall–Kier alpha value is -4.21. The first-order valence-electron chi connectivity index (χ1n) is 9.40. The predicted octanol–water partition coefficient (Wildman–Crippen LogP) is 1.94. The number of aryl methyl sites for hydroxylation is 1. The molecule has 2 aromatic heterocycles. The molecule has 158 valence electrons. The summed E-state index contributed by atoms with van der Waals surface area (Å²) in [6, 6.07) is 12.6. The van der Waals surface area contributed by atoms with Gasteiger partial charge in [0, 0.05) is 11.8 Å². The molecule has 0 aliphatic heterocycles. The van der Waals surface area contributed by atoms with Crippen LogP contribution in [0.1, 0.15) is 5.56 Å². The Morgan fingerprint density at radius 3 is 2.52 bits per heavy atom. The van der Waals surface area contributed by atoms with Crippen molar-refractivity contribution in [3.63, 3.8) is 0 Å². The summed E-state index contributed by atoms with van der Waals surface area (Å²) in [6.45, 7) is 1.75. The van der Waals surface area contributed by atoms with E-state index in [4.69, 9.17) is 9.47 Å². The molecule has 0 bridgehead atoms. The number of nitrogens with zero attached hydrogens (tertiary/aromatic N) is 5. The Kier molecular flexibility index (Phi) is 5.35. The summed E-state index contributed by atoms with van der Waals surface area (Å²) >= 11 is 0. The van der Waals surface area contributed by atoms with Gasteiger partial charge in [-0.2, -0.15) is 4.68 Å². The number of methoxy groups -OCH3 is 2. The van der Waals surface area contributed by atoms with Gasteiger partial charge in [-0.1, -0.05) is 22.9 Å². The number of aromatic nitrogens is 5. The molecule has 10 nitrogen and oxygen atoms in total. The van der Waals surface area contributed by atoms with Gasteiger partial charge in [0.2, 0.25) is 5.91 Å². The number of amides is 1. The minimum Gasteiger partial charge on any atom is -0.493 e. The second kappa shape index (κ2) is 8.27. The van der Waals surface area contributed by atoms with Crippen LogP contribution in [0.5, 0.6) is 11.5 Å². The number of nitrogens with one attached hydrogen (secondary N) is 1. The molecular weight excluding hydrogens is 400 g/mol. The van der Waals surface area contributed by atoms with Gasteiger partial charge >= 0.3 is 0 Å². The van der Waals surface area contributed by atoms with Gasteiger partial charge in [-0.3, -0.25) is 14.2 Å². The van der Waals surface area contributed by atoms with Crippen molar-refractivity contribution in [1.29, 1.82) is 0 Å². The lowest BCUT2D eigenvalue weighted by Crippen LogP contribution is -2.28. The molecule has 10 heteroatoms. The van der Waals surface area contributed by atoms with Gasteiger partial charge in [-0.25, -0.2) is 4.98 Å². The summed E-state index contributed by atoms with van der Waals surface area (Å²) in [5.74, 6) is 0.623. The standard InChI is InChI=1S/C21H20N6O4/c1-13-4-7-15(8-5-13)27-20-19(24-25-27)21(29)26(12-22-20)11-18(28)23-14-6-9-16(30-2)17(10-14)31-3/h4-10,12H,11H2,1-3H3,(H,23,28). The number of hydrogen-bond acceptors (Lipinski definition) is 7. The van der Waals surface area contributed by atoms with Gasteiger partial charge in [0.1, 0.15) is 12.9 Å². The predicted molar refractivity (Wildman–Crippen MR) is 114 cm³/mol. The topological polar surface area (TPSA) is 113 Å². The van der Waals surface area contributed by atoms with Crippen molar-refractivity contribution in [3.8, 4) is 17.2 Å². The normalized spacial score (nSPS) is 10.8. The third-order valence-electron chi connectivity index (χ3n) is 4.69. The molecule has 0 aliphatic carbocycles. The number of rotatable bonds is 6. The fourth-order valence-corrected chi connectivity index (χ4v) is 3.09. The number of carbonyl (C=O) groups excluding carboxylic acids is 1. The lowest BCUT2D eigenvalue weighted by molar-refractivity contribution is -0.116. The summed E-state index contributed by atoms with van der Waals surface area (Å²) in [4.78, 5) is 29.6. The van der Waals surface area contributed by atoms with Crippen LogP contribution in [0.2, 0.25) is 0 Å². The molecule has 2 heterocycles. The van der Waals surface area contributed by atoms with E-state index in [9.17, 15) is 9.59 Å². The van der Waals surface area contributed by atoms with Crippen LogP contribution in [0, 0.1) is 6.92 Å². The zero-order valence-electron chi connectivity index (χ0n) is 17.2. The quantitative estimate of drug-likeness (QED) is 0.507. The van der Waals surface area contributed by atoms with Crippen molar-refractivity contribution in [2.45, 2.75) is 13.5 Å². The molecule has 4 aromatic rings. The van der Waals surface area contributed by atoms with Crippen molar-refractivity contribution < 1.29 is 14.3 Å². The van der Waals surface area contributed by atoms with E-state index in [2.05, 4.69) is 20.6 Å². The maximum atomic E-state index is 12.8. The molecule has 0 radical (unpaired) electrons. The average Bonchev–Trinajstić information content (AvgIpc) is 3.21. The summed E-state index contributed by atoms with van der Waals surface area (Å²) in [5.41, 5.74) is 2.31. The Morgan fingerprint density at radius 1 is 1.06 bits per heavy atom. The van der Waals surface area contributed by atoms with E-state index in [0.29, 0.717) is 22.8 Å². The summed E-state index contributed by atoms with van der Waals surface area (Å²) in [7, 11) is 3.04. The maximum Gasteiger partial charge on any atom is 0.284 e. The number of hydrogen-bond donors (Lipinski definition) is 1. The first kappa shape index (κ1) is 20.1. The van der Waals surface area contributed by atoms with E-state index in [1.807, 2.05) is 31.2 Å². The molecule has 0 spiro atoms. The number of ether oxygens (including phenoxy) is 2. The second-order valence-electron chi connectivity index (χ2n) is 6.80. The highest BCUT2D eigenvalue weighted by Gasteiger charge is 2.15. The lowest BCUT2D eigenvalue weighted by atomic mass is 10.2. The van der Waals surface area contributed by atoms with Gasteiger partial charge in [0.15, 0.2) is 22.7 Å². The number of fused-ring (bicyclic) bond motifs is 1. The Balaban J connectivity index is 1.56. The molecule has 0 fully saturated rings. The van der Waals surface area contributed by atoms with E-state index in [-0.39, 0.29) is 12.1 Å². The summed E-state index contributed by atoms with van der Waals surface area (Å²) < 4.78 is 13.1. The van der Waals surface area contributed by atoms with Gasteiger partial charge in [-0.05, 0) is 31.2 Å². The minimum absolute atomic E-state index is 0.0852. The van der Waals surface area contributed by atoms with Crippen LogP contribution in [0.15, 0.2) is 53.6 Å². The van der Waals surface area contributed by atoms with Crippen LogP contribution in [-0.4, -0.2) is 44.7 Å². The molecule has 1 amide bonds. The molecule has 2 aromatic carbocycles. The molecule has 0 atom stereocenters. The van der Waals surface area contributed by atoms with Crippen LogP contribution in [0.25, 0.3) is 16.9 Å². The molecule has 31 heavy (non-hydrogen) atoms. The zero-order valence-corrected chi connectivity index (χ0v) is 17.2. The van der Waals surface area contributed by atoms with Crippen LogP contribution in [0.4, 0.5) is 5.69 Å². The SMILES string of the molecule is COc1ccc(NC(=O)Cn2cnc3c(nnn3-c3ccc(C)cc3)c2=O)cc1OC. The molecule has 0 aliphatic rings. The van der Waals surface area contributed by atoms with Gasteiger partial charge in [0.05, 0.1) is 19.9 Å². The fourth-order valence-electron chi connectivity index (χ4n) is 3.09. The monoisotopic (exact) mass is 420 g/mol. The van der Waals surface area contributed by atoms with Crippen LogP contribution < -0.4 is 20.3 Å². The van der Waals surface area contributed by atoms with E-state index in [0.717, 1.165) is 11.3 Å². The van der Waals surface area contributed by atoms with E-state index in [1.165, 1.54) is 29.8 Å². The van der Waals surface area contributed by atoms with E-state index < -0.39 is 11.5 Å². The molecule has 0 saturated heterocycles. The lowest BCUT2D eigenvalue weighted by Gasteiger charge is -2.11. The number of carbonyl (C=O) groups is 1. The van der Waals surface area contributed by atoms with Gasteiger partial charge in [0.25, 0.3) is 5.56 Å². The molecule has 0 saturated carbocycles. The molecule has 0 unspecified atom stereocenters.